The number of hydrogen-bond donors (Lipinski definition) is 0. The van der Waals surface area contributed by atoms with Crippen LogP contribution in [0.3, 0.4) is 0 Å². The normalized spacial score (nSPS) is 27.5. The van der Waals surface area contributed by atoms with Crippen LogP contribution in [0.5, 0.6) is 0 Å². The predicted octanol–water partition coefficient (Wildman–Crippen LogP) is -0.400. The van der Waals surface area contributed by atoms with Gasteiger partial charge in [-0.15, -0.1) is 0 Å². The van der Waals surface area contributed by atoms with E-state index in [1.165, 1.54) is 6.92 Å². The molecular formula is C11H17O6-. The van der Waals surface area contributed by atoms with E-state index >= 15 is 0 Å². The molecule has 6 nitrogen and oxygen atoms in total. The third-order valence-electron chi connectivity index (χ3n) is 2.29. The van der Waals surface area contributed by atoms with Gasteiger partial charge >= 0.3 is 5.97 Å². The number of carboxylic acid groups (broad SMARTS) is 1. The first kappa shape index (κ1) is 13.9. The molecule has 1 fully saturated rings. The number of aliphatic carboxylic acids is 1. The van der Waals surface area contributed by atoms with Gasteiger partial charge in [0.25, 0.3) is 0 Å². The fourth-order valence-electron chi connectivity index (χ4n) is 1.84. The Morgan fingerprint density at radius 1 is 1.35 bits per heavy atom. The van der Waals surface area contributed by atoms with Crippen LogP contribution in [0.2, 0.25) is 0 Å². The summed E-state index contributed by atoms with van der Waals surface area (Å²) in [4.78, 5) is 21.2. The second kappa shape index (κ2) is 5.46. The molecule has 0 unspecified atom stereocenters. The van der Waals surface area contributed by atoms with Gasteiger partial charge in [-0.05, 0) is 13.8 Å². The number of rotatable bonds is 4. The summed E-state index contributed by atoms with van der Waals surface area (Å²) in [6.07, 6.45) is -0.662. The van der Waals surface area contributed by atoms with E-state index in [4.69, 9.17) is 14.2 Å². The van der Waals surface area contributed by atoms with Crippen LogP contribution >= 0.6 is 0 Å². The minimum atomic E-state index is -1.17. The SMILES string of the molecule is CC(=O)OC[C@@H]1C[C@H](CC(=O)[O-])OC(C)(C)O1. The molecular weight excluding hydrogens is 228 g/mol. The van der Waals surface area contributed by atoms with E-state index in [0.29, 0.717) is 6.42 Å². The van der Waals surface area contributed by atoms with Gasteiger partial charge in [-0.3, -0.25) is 4.79 Å². The Hall–Kier alpha value is -1.14. The maximum absolute atomic E-state index is 10.7. The van der Waals surface area contributed by atoms with Crippen LogP contribution in [0, 0.1) is 0 Å². The number of hydrogen-bond acceptors (Lipinski definition) is 6. The minimum Gasteiger partial charge on any atom is -0.550 e. The molecule has 17 heavy (non-hydrogen) atoms. The molecule has 1 saturated heterocycles. The molecule has 0 aliphatic carbocycles. The Bertz CT molecular complexity index is 298. The number of esters is 1. The smallest absolute Gasteiger partial charge is 0.302 e. The summed E-state index contributed by atoms with van der Waals surface area (Å²) in [7, 11) is 0. The van der Waals surface area contributed by atoms with Crippen LogP contribution in [0.25, 0.3) is 0 Å². The van der Waals surface area contributed by atoms with Gasteiger partial charge in [-0.25, -0.2) is 0 Å². The van der Waals surface area contributed by atoms with Crippen molar-refractivity contribution >= 4 is 11.9 Å². The average Bonchev–Trinajstić information content (AvgIpc) is 2.10. The van der Waals surface area contributed by atoms with Crippen molar-refractivity contribution in [3.8, 4) is 0 Å². The van der Waals surface area contributed by atoms with Crippen molar-refractivity contribution in [2.75, 3.05) is 6.61 Å². The third kappa shape index (κ3) is 5.14. The molecule has 98 valence electrons. The van der Waals surface area contributed by atoms with E-state index in [-0.39, 0.29) is 19.1 Å². The summed E-state index contributed by atoms with van der Waals surface area (Å²) in [5, 5.41) is 10.5. The zero-order valence-corrected chi connectivity index (χ0v) is 10.2. The highest BCUT2D eigenvalue weighted by molar-refractivity contribution is 5.66. The van der Waals surface area contributed by atoms with Crippen molar-refractivity contribution < 1.29 is 28.9 Å². The summed E-state index contributed by atoms with van der Waals surface area (Å²) in [6, 6.07) is 0. The van der Waals surface area contributed by atoms with Crippen LogP contribution in [0.15, 0.2) is 0 Å². The largest absolute Gasteiger partial charge is 0.550 e. The molecule has 0 amide bonds. The minimum absolute atomic E-state index is 0.103. The number of ether oxygens (including phenoxy) is 3. The van der Waals surface area contributed by atoms with Gasteiger partial charge in [0.05, 0.1) is 12.2 Å². The Morgan fingerprint density at radius 2 is 1.94 bits per heavy atom. The molecule has 0 saturated carbocycles. The summed E-state index contributed by atoms with van der Waals surface area (Å²) in [5.74, 6) is -2.45. The first-order valence-corrected chi connectivity index (χ1v) is 5.47. The van der Waals surface area contributed by atoms with Gasteiger partial charge in [-0.1, -0.05) is 0 Å². The van der Waals surface area contributed by atoms with E-state index < -0.39 is 23.8 Å². The zero-order chi connectivity index (χ0) is 13.1. The van der Waals surface area contributed by atoms with Crippen LogP contribution < -0.4 is 5.11 Å². The summed E-state index contributed by atoms with van der Waals surface area (Å²) < 4.78 is 15.8. The molecule has 0 N–H and O–H groups in total. The fraction of sp³-hybridized carbons (Fsp3) is 0.818. The fourth-order valence-corrected chi connectivity index (χ4v) is 1.84. The molecule has 1 heterocycles. The summed E-state index contributed by atoms with van der Waals surface area (Å²) in [6.45, 7) is 4.79. The maximum atomic E-state index is 10.7. The van der Waals surface area contributed by atoms with Gasteiger partial charge in [-0.2, -0.15) is 0 Å². The molecule has 1 aliphatic heterocycles. The first-order chi connectivity index (χ1) is 7.78. The lowest BCUT2D eigenvalue weighted by atomic mass is 10.1. The van der Waals surface area contributed by atoms with E-state index in [1.807, 2.05) is 0 Å². The molecule has 0 bridgehead atoms. The molecule has 6 heteroatoms. The maximum Gasteiger partial charge on any atom is 0.302 e. The lowest BCUT2D eigenvalue weighted by molar-refractivity contribution is -0.325. The predicted molar refractivity (Wildman–Crippen MR) is 54.7 cm³/mol. The average molecular weight is 245 g/mol. The molecule has 0 aromatic heterocycles. The first-order valence-electron chi connectivity index (χ1n) is 5.47. The monoisotopic (exact) mass is 245 g/mol. The molecule has 0 radical (unpaired) electrons. The van der Waals surface area contributed by atoms with Gasteiger partial charge in [0, 0.05) is 25.7 Å². The van der Waals surface area contributed by atoms with Gasteiger partial charge in [0.1, 0.15) is 6.61 Å². The highest BCUT2D eigenvalue weighted by atomic mass is 16.7. The molecule has 0 aromatic rings. The second-order valence-electron chi connectivity index (χ2n) is 4.49. The molecule has 2 atom stereocenters. The van der Waals surface area contributed by atoms with Crippen molar-refractivity contribution in [2.45, 2.75) is 51.6 Å². The summed E-state index contributed by atoms with van der Waals surface area (Å²) >= 11 is 0. The molecule has 1 aliphatic rings. The van der Waals surface area contributed by atoms with Crippen molar-refractivity contribution in [3.63, 3.8) is 0 Å². The van der Waals surface area contributed by atoms with Crippen molar-refractivity contribution in [3.05, 3.63) is 0 Å². The van der Waals surface area contributed by atoms with Crippen molar-refractivity contribution in [2.24, 2.45) is 0 Å². The van der Waals surface area contributed by atoms with Gasteiger partial charge < -0.3 is 24.1 Å². The molecule has 1 rings (SSSR count). The standard InChI is InChI=1S/C11H18O6/c1-7(12)15-6-9-4-8(5-10(13)14)16-11(2,3)17-9/h8-9H,4-6H2,1-3H3,(H,13,14)/p-1/t8-,9+/m1/s1. The van der Waals surface area contributed by atoms with Crippen LogP contribution in [0.4, 0.5) is 0 Å². The number of carbonyl (C=O) groups is 2. The summed E-state index contributed by atoms with van der Waals surface area (Å²) in [5.41, 5.74) is 0. The highest BCUT2D eigenvalue weighted by Crippen LogP contribution is 2.28. The third-order valence-corrected chi connectivity index (χ3v) is 2.29. The highest BCUT2D eigenvalue weighted by Gasteiger charge is 2.35. The van der Waals surface area contributed by atoms with E-state index in [0.717, 1.165) is 0 Å². The van der Waals surface area contributed by atoms with Crippen molar-refractivity contribution in [1.29, 1.82) is 0 Å². The Labute approximate surface area is 99.8 Å². The molecule has 0 aromatic carbocycles. The van der Waals surface area contributed by atoms with Gasteiger partial charge in [0.15, 0.2) is 5.79 Å². The number of carboxylic acids is 1. The Kier molecular flexibility index (Phi) is 4.47. The van der Waals surface area contributed by atoms with E-state index in [9.17, 15) is 14.7 Å². The van der Waals surface area contributed by atoms with E-state index in [2.05, 4.69) is 0 Å². The van der Waals surface area contributed by atoms with Crippen LogP contribution in [-0.2, 0) is 23.8 Å². The topological polar surface area (TPSA) is 84.9 Å². The van der Waals surface area contributed by atoms with E-state index in [1.54, 1.807) is 13.8 Å². The van der Waals surface area contributed by atoms with Crippen LogP contribution in [-0.4, -0.2) is 36.5 Å². The Balaban J connectivity index is 2.54. The quantitative estimate of drug-likeness (QED) is 0.626. The lowest BCUT2D eigenvalue weighted by Gasteiger charge is -2.40. The second-order valence-corrected chi connectivity index (χ2v) is 4.49. The number of carbonyl (C=O) groups excluding carboxylic acids is 2. The van der Waals surface area contributed by atoms with Crippen molar-refractivity contribution in [1.82, 2.24) is 0 Å². The Morgan fingerprint density at radius 3 is 2.47 bits per heavy atom. The van der Waals surface area contributed by atoms with Gasteiger partial charge in [0.2, 0.25) is 0 Å². The zero-order valence-electron chi connectivity index (χ0n) is 10.2. The molecule has 0 spiro atoms. The lowest BCUT2D eigenvalue weighted by Crippen LogP contribution is -2.47. The van der Waals surface area contributed by atoms with Crippen LogP contribution in [0.1, 0.15) is 33.6 Å².